The molecule has 0 aliphatic carbocycles. The summed E-state index contributed by atoms with van der Waals surface area (Å²) in [7, 11) is 6.95. The number of methoxy groups -OCH3 is 2. The van der Waals surface area contributed by atoms with Crippen LogP contribution >= 0.6 is 11.6 Å². The Kier molecular flexibility index (Phi) is 9.07. The van der Waals surface area contributed by atoms with E-state index in [-0.39, 0.29) is 16.3 Å². The molecule has 186 valence electrons. The molecule has 2 amide bonds. The van der Waals surface area contributed by atoms with Crippen LogP contribution in [-0.2, 0) is 4.79 Å². The topological polar surface area (TPSA) is 92.3 Å². The highest BCUT2D eigenvalue weighted by molar-refractivity contribution is 6.34. The van der Waals surface area contributed by atoms with Crippen molar-refractivity contribution in [2.24, 2.45) is 5.10 Å². The number of hydrazone groups is 1. The van der Waals surface area contributed by atoms with Gasteiger partial charge in [-0.25, -0.2) is 5.43 Å². The van der Waals surface area contributed by atoms with Gasteiger partial charge in [-0.2, -0.15) is 5.10 Å². The standard InChI is InChI=1S/C27H27ClN4O4/c1-32(2)20-12-9-18(10-13-20)15-23(30-26(33)21-7-5-6-8-22(21)28)27(34)31-29-17-19-11-14-24(35-3)25(16-19)36-4/h5-17H,1-4H3,(H,30,33)(H,31,34)/b23-15-,29-17+. The van der Waals surface area contributed by atoms with Gasteiger partial charge in [0.25, 0.3) is 11.8 Å². The molecule has 3 rings (SSSR count). The molecule has 0 aliphatic rings. The molecule has 9 heteroatoms. The van der Waals surface area contributed by atoms with Crippen LogP contribution < -0.4 is 25.1 Å². The molecule has 3 aromatic carbocycles. The number of ether oxygens (including phenoxy) is 2. The Morgan fingerprint density at radius 2 is 1.58 bits per heavy atom. The van der Waals surface area contributed by atoms with E-state index in [2.05, 4.69) is 15.8 Å². The fourth-order valence-electron chi connectivity index (χ4n) is 3.19. The van der Waals surface area contributed by atoms with Crippen molar-refractivity contribution in [1.29, 1.82) is 0 Å². The van der Waals surface area contributed by atoms with E-state index in [4.69, 9.17) is 21.1 Å². The predicted molar refractivity (Wildman–Crippen MR) is 143 cm³/mol. The van der Waals surface area contributed by atoms with E-state index in [1.54, 1.807) is 55.7 Å². The lowest BCUT2D eigenvalue weighted by Gasteiger charge is -2.13. The maximum atomic E-state index is 13.0. The van der Waals surface area contributed by atoms with Gasteiger partial charge in [-0.1, -0.05) is 35.9 Å². The molecule has 8 nitrogen and oxygen atoms in total. The van der Waals surface area contributed by atoms with Crippen molar-refractivity contribution < 1.29 is 19.1 Å². The minimum Gasteiger partial charge on any atom is -0.493 e. The van der Waals surface area contributed by atoms with Crippen LogP contribution in [0.4, 0.5) is 5.69 Å². The first kappa shape index (κ1) is 26.3. The van der Waals surface area contributed by atoms with Crippen LogP contribution in [0.5, 0.6) is 11.5 Å². The monoisotopic (exact) mass is 506 g/mol. The van der Waals surface area contributed by atoms with Crippen molar-refractivity contribution in [3.05, 3.63) is 94.1 Å². The van der Waals surface area contributed by atoms with Gasteiger partial charge in [-0.05, 0) is 59.7 Å². The largest absolute Gasteiger partial charge is 0.493 e. The van der Waals surface area contributed by atoms with E-state index >= 15 is 0 Å². The number of benzene rings is 3. The van der Waals surface area contributed by atoms with Gasteiger partial charge in [-0.15, -0.1) is 0 Å². The molecule has 36 heavy (non-hydrogen) atoms. The summed E-state index contributed by atoms with van der Waals surface area (Å²) in [5, 5.41) is 6.95. The minimum absolute atomic E-state index is 0.00184. The van der Waals surface area contributed by atoms with Gasteiger partial charge in [0.05, 0.1) is 31.0 Å². The maximum absolute atomic E-state index is 13.0. The Bertz CT molecular complexity index is 1290. The number of anilines is 1. The number of hydrogen-bond donors (Lipinski definition) is 2. The molecule has 0 fully saturated rings. The number of amides is 2. The smallest absolute Gasteiger partial charge is 0.287 e. The zero-order valence-corrected chi connectivity index (χ0v) is 21.2. The van der Waals surface area contributed by atoms with E-state index in [1.165, 1.54) is 13.3 Å². The fraction of sp³-hybridized carbons (Fsp3) is 0.148. The normalized spacial score (nSPS) is 11.2. The Hall–Kier alpha value is -4.30. The van der Waals surface area contributed by atoms with Gasteiger partial charge in [0.15, 0.2) is 11.5 Å². The number of carbonyl (C=O) groups is 2. The van der Waals surface area contributed by atoms with Crippen LogP contribution in [0.1, 0.15) is 21.5 Å². The Labute approximate surface area is 215 Å². The zero-order chi connectivity index (χ0) is 26.1. The fourth-order valence-corrected chi connectivity index (χ4v) is 3.41. The number of carbonyl (C=O) groups excluding carboxylic acids is 2. The average Bonchev–Trinajstić information content (AvgIpc) is 2.88. The lowest BCUT2D eigenvalue weighted by Crippen LogP contribution is -2.33. The molecular formula is C27H27ClN4O4. The van der Waals surface area contributed by atoms with Crippen molar-refractivity contribution in [3.63, 3.8) is 0 Å². The molecule has 2 N–H and O–H groups in total. The minimum atomic E-state index is -0.608. The summed E-state index contributed by atoms with van der Waals surface area (Å²) in [6.45, 7) is 0. The number of hydrogen-bond acceptors (Lipinski definition) is 6. The van der Waals surface area contributed by atoms with Crippen LogP contribution in [0.25, 0.3) is 6.08 Å². The molecule has 0 aliphatic heterocycles. The quantitative estimate of drug-likeness (QED) is 0.256. The highest BCUT2D eigenvalue weighted by Crippen LogP contribution is 2.26. The van der Waals surface area contributed by atoms with Crippen LogP contribution in [-0.4, -0.2) is 46.3 Å². The molecule has 0 radical (unpaired) electrons. The highest BCUT2D eigenvalue weighted by atomic mass is 35.5. The summed E-state index contributed by atoms with van der Waals surface area (Å²) in [6.07, 6.45) is 3.02. The maximum Gasteiger partial charge on any atom is 0.287 e. The first-order chi connectivity index (χ1) is 17.3. The van der Waals surface area contributed by atoms with E-state index in [9.17, 15) is 9.59 Å². The number of halogens is 1. The second kappa shape index (κ2) is 12.4. The lowest BCUT2D eigenvalue weighted by atomic mass is 10.1. The van der Waals surface area contributed by atoms with Crippen LogP contribution in [0.15, 0.2) is 77.5 Å². The second-order valence-corrected chi connectivity index (χ2v) is 8.20. The molecule has 0 saturated carbocycles. The van der Waals surface area contributed by atoms with Gasteiger partial charge in [0.1, 0.15) is 5.70 Å². The third kappa shape index (κ3) is 6.86. The van der Waals surface area contributed by atoms with Crippen molar-refractivity contribution in [1.82, 2.24) is 10.7 Å². The van der Waals surface area contributed by atoms with Gasteiger partial charge in [0, 0.05) is 19.8 Å². The lowest BCUT2D eigenvalue weighted by molar-refractivity contribution is -0.117. The van der Waals surface area contributed by atoms with Crippen molar-refractivity contribution in [2.45, 2.75) is 0 Å². The molecule has 0 atom stereocenters. The summed E-state index contributed by atoms with van der Waals surface area (Å²) in [4.78, 5) is 27.8. The average molecular weight is 507 g/mol. The predicted octanol–water partition coefficient (Wildman–Crippen LogP) is 4.34. The van der Waals surface area contributed by atoms with Gasteiger partial charge < -0.3 is 19.7 Å². The number of nitrogens with zero attached hydrogens (tertiary/aromatic N) is 2. The van der Waals surface area contributed by atoms with Crippen molar-refractivity contribution in [3.8, 4) is 11.5 Å². The third-order valence-corrected chi connectivity index (χ3v) is 5.45. The van der Waals surface area contributed by atoms with E-state index < -0.39 is 11.8 Å². The summed E-state index contributed by atoms with van der Waals surface area (Å²) < 4.78 is 10.5. The van der Waals surface area contributed by atoms with E-state index in [0.29, 0.717) is 22.6 Å². The highest BCUT2D eigenvalue weighted by Gasteiger charge is 2.16. The molecule has 0 saturated heterocycles. The first-order valence-corrected chi connectivity index (χ1v) is 11.3. The summed E-state index contributed by atoms with van der Waals surface area (Å²) >= 11 is 6.16. The molecule has 0 unspecified atom stereocenters. The van der Waals surface area contributed by atoms with E-state index in [0.717, 1.165) is 5.69 Å². The van der Waals surface area contributed by atoms with Crippen LogP contribution in [0.3, 0.4) is 0 Å². The van der Waals surface area contributed by atoms with E-state index in [1.807, 2.05) is 43.3 Å². The zero-order valence-electron chi connectivity index (χ0n) is 20.4. The van der Waals surface area contributed by atoms with Crippen LogP contribution in [0.2, 0.25) is 5.02 Å². The molecule has 3 aromatic rings. The summed E-state index contributed by atoms with van der Waals surface area (Å²) in [5.41, 5.74) is 5.09. The third-order valence-electron chi connectivity index (χ3n) is 5.12. The van der Waals surface area contributed by atoms with Gasteiger partial charge in [-0.3, -0.25) is 9.59 Å². The first-order valence-electron chi connectivity index (χ1n) is 10.9. The molecule has 0 spiro atoms. The summed E-state index contributed by atoms with van der Waals surface area (Å²) in [5.74, 6) is -0.0207. The Balaban J connectivity index is 1.84. The molecular weight excluding hydrogens is 480 g/mol. The molecule has 0 aromatic heterocycles. The summed E-state index contributed by atoms with van der Waals surface area (Å²) in [6, 6.07) is 19.3. The Morgan fingerprint density at radius 1 is 0.917 bits per heavy atom. The Morgan fingerprint density at radius 3 is 2.22 bits per heavy atom. The number of nitrogens with one attached hydrogen (secondary N) is 2. The van der Waals surface area contributed by atoms with Crippen LogP contribution in [0, 0.1) is 0 Å². The van der Waals surface area contributed by atoms with Crippen molar-refractivity contribution in [2.75, 3.05) is 33.2 Å². The van der Waals surface area contributed by atoms with Gasteiger partial charge >= 0.3 is 0 Å². The number of rotatable bonds is 9. The molecule has 0 heterocycles. The SMILES string of the molecule is COc1ccc(/C=N/NC(=O)/C(=C/c2ccc(N(C)C)cc2)NC(=O)c2ccccc2Cl)cc1OC. The second-order valence-electron chi connectivity index (χ2n) is 7.79. The van der Waals surface area contributed by atoms with Gasteiger partial charge in [0.2, 0.25) is 0 Å². The van der Waals surface area contributed by atoms with Crippen molar-refractivity contribution >= 4 is 41.4 Å². The molecule has 0 bridgehead atoms.